The van der Waals surface area contributed by atoms with Crippen LogP contribution in [0.15, 0.2) is 29.3 Å². The minimum Gasteiger partial charge on any atom is -0.508 e. The van der Waals surface area contributed by atoms with Crippen molar-refractivity contribution in [2.75, 3.05) is 26.3 Å². The molecule has 22 heavy (non-hydrogen) atoms. The monoisotopic (exact) mass is 421 g/mol. The standard InChI is InChI=1S/C16H27N3O2.HI/c1-3-17-16(18-11-5-6-12-21-4-2)19-13-14-7-9-15(20)10-8-14;/h7-10,20H,3-6,11-13H2,1-2H3,(H2,17,18,19);1H. The molecular weight excluding hydrogens is 393 g/mol. The molecule has 0 heterocycles. The molecule has 0 atom stereocenters. The number of guanidine groups is 1. The summed E-state index contributed by atoms with van der Waals surface area (Å²) in [5, 5.41) is 15.8. The number of aromatic hydroxyl groups is 1. The first-order valence-corrected chi connectivity index (χ1v) is 7.64. The molecule has 6 heteroatoms. The second-order valence-corrected chi connectivity index (χ2v) is 4.69. The van der Waals surface area contributed by atoms with E-state index in [1.807, 2.05) is 26.0 Å². The van der Waals surface area contributed by atoms with Crippen LogP contribution in [0.25, 0.3) is 0 Å². The van der Waals surface area contributed by atoms with E-state index in [1.54, 1.807) is 12.1 Å². The molecule has 0 amide bonds. The van der Waals surface area contributed by atoms with Gasteiger partial charge in [0.1, 0.15) is 5.75 Å². The van der Waals surface area contributed by atoms with Crippen LogP contribution in [-0.4, -0.2) is 37.4 Å². The molecule has 0 bridgehead atoms. The Morgan fingerprint density at radius 3 is 2.50 bits per heavy atom. The zero-order chi connectivity index (χ0) is 15.3. The molecule has 0 spiro atoms. The first-order valence-electron chi connectivity index (χ1n) is 7.64. The number of phenolic OH excluding ortho intramolecular Hbond substituents is 1. The van der Waals surface area contributed by atoms with Crippen LogP contribution in [0.3, 0.4) is 0 Å². The summed E-state index contributed by atoms with van der Waals surface area (Å²) in [7, 11) is 0. The highest BCUT2D eigenvalue weighted by Crippen LogP contribution is 2.10. The fraction of sp³-hybridized carbons (Fsp3) is 0.562. The SMILES string of the molecule is CCNC(=NCc1ccc(O)cc1)NCCCCOCC.I. The van der Waals surface area contributed by atoms with Crippen molar-refractivity contribution in [3.63, 3.8) is 0 Å². The van der Waals surface area contributed by atoms with Crippen LogP contribution in [-0.2, 0) is 11.3 Å². The molecule has 0 saturated heterocycles. The normalized spacial score (nSPS) is 10.9. The lowest BCUT2D eigenvalue weighted by Crippen LogP contribution is -2.37. The molecule has 0 radical (unpaired) electrons. The number of benzene rings is 1. The summed E-state index contributed by atoms with van der Waals surface area (Å²) in [5.74, 6) is 1.10. The summed E-state index contributed by atoms with van der Waals surface area (Å²) in [6.07, 6.45) is 2.11. The quantitative estimate of drug-likeness (QED) is 0.248. The molecule has 0 saturated carbocycles. The summed E-state index contributed by atoms with van der Waals surface area (Å²) in [6.45, 7) is 7.97. The molecule has 1 aromatic rings. The zero-order valence-corrected chi connectivity index (χ0v) is 15.8. The molecule has 0 aliphatic rings. The van der Waals surface area contributed by atoms with E-state index in [9.17, 15) is 5.11 Å². The number of halogens is 1. The van der Waals surface area contributed by atoms with E-state index >= 15 is 0 Å². The predicted octanol–water partition coefficient (Wildman–Crippen LogP) is 2.88. The maximum atomic E-state index is 9.25. The van der Waals surface area contributed by atoms with Gasteiger partial charge in [-0.3, -0.25) is 0 Å². The number of nitrogens with zero attached hydrogens (tertiary/aromatic N) is 1. The topological polar surface area (TPSA) is 65.9 Å². The number of unbranched alkanes of at least 4 members (excludes halogenated alkanes) is 1. The van der Waals surface area contributed by atoms with Crippen molar-refractivity contribution in [2.45, 2.75) is 33.2 Å². The molecule has 0 fully saturated rings. The summed E-state index contributed by atoms with van der Waals surface area (Å²) in [5.41, 5.74) is 1.07. The highest BCUT2D eigenvalue weighted by molar-refractivity contribution is 14.0. The zero-order valence-electron chi connectivity index (χ0n) is 13.5. The Morgan fingerprint density at radius 1 is 1.14 bits per heavy atom. The third kappa shape index (κ3) is 9.83. The summed E-state index contributed by atoms with van der Waals surface area (Å²) >= 11 is 0. The molecule has 0 aliphatic carbocycles. The Bertz CT molecular complexity index is 410. The molecule has 3 N–H and O–H groups in total. The van der Waals surface area contributed by atoms with Crippen LogP contribution >= 0.6 is 24.0 Å². The fourth-order valence-electron chi connectivity index (χ4n) is 1.79. The van der Waals surface area contributed by atoms with Crippen molar-refractivity contribution in [1.82, 2.24) is 10.6 Å². The van der Waals surface area contributed by atoms with Crippen molar-refractivity contribution >= 4 is 29.9 Å². The van der Waals surface area contributed by atoms with Crippen LogP contribution in [0.1, 0.15) is 32.3 Å². The number of phenols is 1. The van der Waals surface area contributed by atoms with Gasteiger partial charge in [-0.1, -0.05) is 12.1 Å². The van der Waals surface area contributed by atoms with Gasteiger partial charge in [0.25, 0.3) is 0 Å². The molecule has 0 unspecified atom stereocenters. The van der Waals surface area contributed by atoms with Gasteiger partial charge in [0.15, 0.2) is 5.96 Å². The lowest BCUT2D eigenvalue weighted by molar-refractivity contribution is 0.143. The number of ether oxygens (including phenoxy) is 1. The maximum Gasteiger partial charge on any atom is 0.191 e. The van der Waals surface area contributed by atoms with Gasteiger partial charge in [-0.05, 0) is 44.4 Å². The van der Waals surface area contributed by atoms with Crippen LogP contribution in [0.2, 0.25) is 0 Å². The average Bonchev–Trinajstić information content (AvgIpc) is 2.49. The van der Waals surface area contributed by atoms with Gasteiger partial charge in [-0.25, -0.2) is 4.99 Å². The molecule has 126 valence electrons. The van der Waals surface area contributed by atoms with Crippen LogP contribution in [0.4, 0.5) is 0 Å². The highest BCUT2D eigenvalue weighted by atomic mass is 127. The smallest absolute Gasteiger partial charge is 0.191 e. The van der Waals surface area contributed by atoms with E-state index < -0.39 is 0 Å². The second-order valence-electron chi connectivity index (χ2n) is 4.69. The van der Waals surface area contributed by atoms with E-state index in [0.29, 0.717) is 6.54 Å². The van der Waals surface area contributed by atoms with Gasteiger partial charge in [0.2, 0.25) is 0 Å². The van der Waals surface area contributed by atoms with Gasteiger partial charge >= 0.3 is 0 Å². The first kappa shape index (κ1) is 21.0. The molecule has 0 aromatic heterocycles. The van der Waals surface area contributed by atoms with Gasteiger partial charge < -0.3 is 20.5 Å². The van der Waals surface area contributed by atoms with E-state index in [2.05, 4.69) is 15.6 Å². The summed E-state index contributed by atoms with van der Waals surface area (Å²) in [4.78, 5) is 4.53. The average molecular weight is 421 g/mol. The molecular formula is C16H28IN3O2. The lowest BCUT2D eigenvalue weighted by Gasteiger charge is -2.11. The fourth-order valence-corrected chi connectivity index (χ4v) is 1.79. The van der Waals surface area contributed by atoms with E-state index in [1.165, 1.54) is 0 Å². The number of nitrogens with one attached hydrogen (secondary N) is 2. The summed E-state index contributed by atoms with van der Waals surface area (Å²) in [6, 6.07) is 7.12. The maximum absolute atomic E-state index is 9.25. The van der Waals surface area contributed by atoms with Crippen molar-refractivity contribution in [3.05, 3.63) is 29.8 Å². The largest absolute Gasteiger partial charge is 0.508 e. The Hall–Kier alpha value is -1.02. The Balaban J connectivity index is 0.00000441. The molecule has 1 rings (SSSR count). The van der Waals surface area contributed by atoms with Crippen LogP contribution in [0.5, 0.6) is 5.75 Å². The van der Waals surface area contributed by atoms with Gasteiger partial charge in [-0.15, -0.1) is 24.0 Å². The van der Waals surface area contributed by atoms with E-state index in [-0.39, 0.29) is 29.7 Å². The predicted molar refractivity (Wildman–Crippen MR) is 102 cm³/mol. The van der Waals surface area contributed by atoms with Crippen molar-refractivity contribution in [3.8, 4) is 5.75 Å². The van der Waals surface area contributed by atoms with E-state index in [0.717, 1.165) is 50.7 Å². The third-order valence-electron chi connectivity index (χ3n) is 2.91. The Labute approximate surface area is 150 Å². The van der Waals surface area contributed by atoms with Gasteiger partial charge in [-0.2, -0.15) is 0 Å². The van der Waals surface area contributed by atoms with Gasteiger partial charge in [0, 0.05) is 26.3 Å². The van der Waals surface area contributed by atoms with Crippen molar-refractivity contribution < 1.29 is 9.84 Å². The minimum atomic E-state index is 0. The van der Waals surface area contributed by atoms with E-state index in [4.69, 9.17) is 4.74 Å². The molecule has 1 aromatic carbocycles. The van der Waals surface area contributed by atoms with Crippen LogP contribution < -0.4 is 10.6 Å². The second kappa shape index (κ2) is 13.6. The van der Waals surface area contributed by atoms with Gasteiger partial charge in [0.05, 0.1) is 6.54 Å². The minimum absolute atomic E-state index is 0. The number of aliphatic imine (C=N–C) groups is 1. The first-order chi connectivity index (χ1) is 10.3. The highest BCUT2D eigenvalue weighted by Gasteiger charge is 1.98. The molecule has 5 nitrogen and oxygen atoms in total. The summed E-state index contributed by atoms with van der Waals surface area (Å²) < 4.78 is 5.31. The lowest BCUT2D eigenvalue weighted by atomic mass is 10.2. The number of hydrogen-bond acceptors (Lipinski definition) is 3. The van der Waals surface area contributed by atoms with Crippen molar-refractivity contribution in [1.29, 1.82) is 0 Å². The number of hydrogen-bond donors (Lipinski definition) is 3. The Kier molecular flexibility index (Phi) is 13.0. The van der Waals surface area contributed by atoms with Crippen molar-refractivity contribution in [2.24, 2.45) is 4.99 Å². The number of rotatable bonds is 9. The van der Waals surface area contributed by atoms with Crippen LogP contribution in [0, 0.1) is 0 Å². The third-order valence-corrected chi connectivity index (χ3v) is 2.91. The molecule has 0 aliphatic heterocycles. The Morgan fingerprint density at radius 2 is 1.86 bits per heavy atom.